The first-order valence-electron chi connectivity index (χ1n) is 11.0. The molecule has 170 valence electrons. The van der Waals surface area contributed by atoms with Gasteiger partial charge in [0.15, 0.2) is 6.61 Å². The van der Waals surface area contributed by atoms with Crippen molar-refractivity contribution >= 4 is 21.9 Å². The lowest BCUT2D eigenvalue weighted by Crippen LogP contribution is -2.44. The minimum Gasteiger partial charge on any atom is -0.452 e. The minimum atomic E-state index is -3.77. The van der Waals surface area contributed by atoms with Crippen LogP contribution in [0.15, 0.2) is 53.4 Å². The van der Waals surface area contributed by atoms with Gasteiger partial charge in [0, 0.05) is 25.7 Å². The zero-order valence-electron chi connectivity index (χ0n) is 18.2. The molecule has 2 aromatic rings. The Morgan fingerprint density at radius 3 is 2.59 bits per heavy atom. The Hall–Kier alpha value is -2.71. The Labute approximate surface area is 189 Å². The number of sulfonamides is 1. The summed E-state index contributed by atoms with van der Waals surface area (Å²) in [5.41, 5.74) is 2.26. The normalized spacial score (nSPS) is 19.3. The van der Waals surface area contributed by atoms with Crippen LogP contribution in [0.2, 0.25) is 0 Å². The number of ether oxygens (including phenoxy) is 1. The average Bonchev–Trinajstić information content (AvgIpc) is 2.82. The lowest BCUT2D eigenvalue weighted by molar-refractivity contribution is -0.137. The van der Waals surface area contributed by atoms with Gasteiger partial charge in [0.2, 0.25) is 10.0 Å². The van der Waals surface area contributed by atoms with E-state index in [9.17, 15) is 18.0 Å². The molecule has 32 heavy (non-hydrogen) atoms. The topological polar surface area (TPSA) is 84.0 Å². The SMILES string of the molecule is C[C@@H]1CCCCN1C(=O)COC(=O)c1cccc(S(=O)(=O)N2CCc3ccccc3C2)c1. The highest BCUT2D eigenvalue weighted by Gasteiger charge is 2.29. The Morgan fingerprint density at radius 1 is 1.03 bits per heavy atom. The highest BCUT2D eigenvalue weighted by atomic mass is 32.2. The zero-order chi connectivity index (χ0) is 22.7. The molecule has 1 saturated heterocycles. The predicted octanol–water partition coefficient (Wildman–Crippen LogP) is 2.99. The number of nitrogens with zero attached hydrogens (tertiary/aromatic N) is 2. The van der Waals surface area contributed by atoms with Gasteiger partial charge in [-0.3, -0.25) is 4.79 Å². The summed E-state index contributed by atoms with van der Waals surface area (Å²) in [6.45, 7) is 3.01. The van der Waals surface area contributed by atoms with Crippen molar-refractivity contribution in [3.63, 3.8) is 0 Å². The molecule has 4 rings (SSSR count). The first-order chi connectivity index (χ1) is 15.4. The van der Waals surface area contributed by atoms with Crippen LogP contribution in [-0.2, 0) is 32.5 Å². The lowest BCUT2D eigenvalue weighted by atomic mass is 10.0. The van der Waals surface area contributed by atoms with E-state index in [2.05, 4.69) is 0 Å². The van der Waals surface area contributed by atoms with Crippen LogP contribution in [0.25, 0.3) is 0 Å². The monoisotopic (exact) mass is 456 g/mol. The molecule has 0 radical (unpaired) electrons. The Balaban J connectivity index is 1.43. The Bertz CT molecular complexity index is 1110. The molecule has 1 fully saturated rings. The number of likely N-dealkylation sites (tertiary alicyclic amines) is 1. The lowest BCUT2D eigenvalue weighted by Gasteiger charge is -2.33. The van der Waals surface area contributed by atoms with Crippen molar-refractivity contribution in [2.75, 3.05) is 19.7 Å². The van der Waals surface area contributed by atoms with Gasteiger partial charge in [0.1, 0.15) is 0 Å². The van der Waals surface area contributed by atoms with E-state index in [-0.39, 0.29) is 29.0 Å². The van der Waals surface area contributed by atoms with Gasteiger partial charge in [0.05, 0.1) is 10.5 Å². The summed E-state index contributed by atoms with van der Waals surface area (Å²) in [5, 5.41) is 0. The van der Waals surface area contributed by atoms with Gasteiger partial charge in [-0.25, -0.2) is 13.2 Å². The van der Waals surface area contributed by atoms with Crippen molar-refractivity contribution in [1.29, 1.82) is 0 Å². The molecule has 1 atom stereocenters. The molecule has 0 N–H and O–H groups in total. The van der Waals surface area contributed by atoms with E-state index in [4.69, 9.17) is 4.74 Å². The van der Waals surface area contributed by atoms with Crippen LogP contribution in [0.3, 0.4) is 0 Å². The molecule has 0 aliphatic carbocycles. The fourth-order valence-corrected chi connectivity index (χ4v) is 5.84. The minimum absolute atomic E-state index is 0.0438. The Kier molecular flexibility index (Phi) is 6.62. The number of carbonyl (C=O) groups is 2. The van der Waals surface area contributed by atoms with E-state index in [0.29, 0.717) is 26.1 Å². The maximum atomic E-state index is 13.2. The maximum absolute atomic E-state index is 13.2. The van der Waals surface area contributed by atoms with Gasteiger partial charge in [-0.1, -0.05) is 30.3 Å². The van der Waals surface area contributed by atoms with E-state index in [1.807, 2.05) is 31.2 Å². The van der Waals surface area contributed by atoms with E-state index >= 15 is 0 Å². The van der Waals surface area contributed by atoms with Crippen molar-refractivity contribution < 1.29 is 22.7 Å². The van der Waals surface area contributed by atoms with Crippen molar-refractivity contribution in [1.82, 2.24) is 9.21 Å². The summed E-state index contributed by atoms with van der Waals surface area (Å²) in [4.78, 5) is 26.7. The van der Waals surface area contributed by atoms with Crippen LogP contribution < -0.4 is 0 Å². The number of hydrogen-bond acceptors (Lipinski definition) is 5. The number of esters is 1. The van der Waals surface area contributed by atoms with E-state index in [0.717, 1.165) is 30.4 Å². The molecular weight excluding hydrogens is 428 g/mol. The summed E-state index contributed by atoms with van der Waals surface area (Å²) in [5.74, 6) is -0.926. The molecule has 0 aromatic heterocycles. The first-order valence-corrected chi connectivity index (χ1v) is 12.4. The molecule has 2 aromatic carbocycles. The van der Waals surface area contributed by atoms with Gasteiger partial charge in [0.25, 0.3) is 5.91 Å². The third-order valence-corrected chi connectivity index (χ3v) is 8.09. The van der Waals surface area contributed by atoms with Crippen LogP contribution in [0, 0.1) is 0 Å². The third kappa shape index (κ3) is 4.71. The van der Waals surface area contributed by atoms with Gasteiger partial charge < -0.3 is 9.64 Å². The van der Waals surface area contributed by atoms with Crippen molar-refractivity contribution in [2.24, 2.45) is 0 Å². The van der Waals surface area contributed by atoms with Gasteiger partial charge >= 0.3 is 5.97 Å². The van der Waals surface area contributed by atoms with Gasteiger partial charge in [-0.2, -0.15) is 4.31 Å². The van der Waals surface area contributed by atoms with Gasteiger partial charge in [-0.05, 0) is 61.9 Å². The highest BCUT2D eigenvalue weighted by Crippen LogP contribution is 2.25. The maximum Gasteiger partial charge on any atom is 0.338 e. The fraction of sp³-hybridized carbons (Fsp3) is 0.417. The van der Waals surface area contributed by atoms with E-state index in [1.165, 1.54) is 28.6 Å². The van der Waals surface area contributed by atoms with Crippen LogP contribution in [0.1, 0.15) is 47.7 Å². The highest BCUT2D eigenvalue weighted by molar-refractivity contribution is 7.89. The van der Waals surface area contributed by atoms with E-state index < -0.39 is 16.0 Å². The summed E-state index contributed by atoms with van der Waals surface area (Å²) in [7, 11) is -3.77. The number of hydrogen-bond donors (Lipinski definition) is 0. The van der Waals surface area contributed by atoms with Crippen molar-refractivity contribution in [3.8, 4) is 0 Å². The standard InChI is InChI=1S/C24H28N2O5S/c1-18-7-4-5-13-26(18)23(27)17-31-24(28)20-10-6-11-22(15-20)32(29,30)25-14-12-19-8-2-3-9-21(19)16-25/h2-3,6,8-11,15,18H,4-5,7,12-14,16-17H2,1H3/t18-/m1/s1. The van der Waals surface area contributed by atoms with Crippen molar-refractivity contribution in [3.05, 3.63) is 65.2 Å². The molecule has 2 heterocycles. The number of benzene rings is 2. The molecule has 0 bridgehead atoms. The summed E-state index contributed by atoms with van der Waals surface area (Å²) >= 11 is 0. The van der Waals surface area contributed by atoms with Gasteiger partial charge in [-0.15, -0.1) is 0 Å². The summed E-state index contributed by atoms with van der Waals surface area (Å²) in [6.07, 6.45) is 3.63. The quantitative estimate of drug-likeness (QED) is 0.646. The molecule has 0 spiro atoms. The fourth-order valence-electron chi connectivity index (χ4n) is 4.37. The second-order valence-corrected chi connectivity index (χ2v) is 10.3. The number of piperidine rings is 1. The van der Waals surface area contributed by atoms with Crippen molar-refractivity contribution in [2.45, 2.75) is 50.1 Å². The van der Waals surface area contributed by atoms with E-state index in [1.54, 1.807) is 4.90 Å². The first kappa shape index (κ1) is 22.5. The number of amides is 1. The average molecular weight is 457 g/mol. The number of carbonyl (C=O) groups excluding carboxylic acids is 2. The predicted molar refractivity (Wildman–Crippen MR) is 119 cm³/mol. The van der Waals surface area contributed by atoms with Crippen LogP contribution >= 0.6 is 0 Å². The molecule has 8 heteroatoms. The number of rotatable bonds is 5. The second-order valence-electron chi connectivity index (χ2n) is 8.39. The molecule has 7 nitrogen and oxygen atoms in total. The summed E-state index contributed by atoms with van der Waals surface area (Å²) < 4.78 is 33.0. The largest absolute Gasteiger partial charge is 0.452 e. The molecule has 0 saturated carbocycles. The molecule has 0 unspecified atom stereocenters. The molecular formula is C24H28N2O5S. The summed E-state index contributed by atoms with van der Waals surface area (Å²) in [6, 6.07) is 13.8. The number of fused-ring (bicyclic) bond motifs is 1. The van der Waals surface area contributed by atoms with Crippen LogP contribution in [0.4, 0.5) is 0 Å². The molecule has 1 amide bonds. The zero-order valence-corrected chi connectivity index (χ0v) is 19.0. The van der Waals surface area contributed by atoms with Crippen LogP contribution in [0.5, 0.6) is 0 Å². The smallest absolute Gasteiger partial charge is 0.338 e. The third-order valence-electron chi connectivity index (χ3n) is 6.25. The molecule has 2 aliphatic rings. The molecule has 2 aliphatic heterocycles. The Morgan fingerprint density at radius 2 is 1.81 bits per heavy atom. The van der Waals surface area contributed by atoms with Crippen LogP contribution in [-0.4, -0.2) is 55.2 Å². The second kappa shape index (κ2) is 9.42.